The number of amides is 2. The lowest BCUT2D eigenvalue weighted by Crippen LogP contribution is -2.53. The van der Waals surface area contributed by atoms with Gasteiger partial charge in [0, 0.05) is 32.7 Å². The highest BCUT2D eigenvalue weighted by Gasteiger charge is 2.38. The number of carboxylic acids is 1. The summed E-state index contributed by atoms with van der Waals surface area (Å²) in [7, 11) is -4.09. The second-order valence-corrected chi connectivity index (χ2v) is 12.0. The number of hydrogen-bond donors (Lipinski definition) is 5. The zero-order valence-electron chi connectivity index (χ0n) is 23.7. The van der Waals surface area contributed by atoms with E-state index in [1.807, 2.05) is 24.3 Å². The van der Waals surface area contributed by atoms with Crippen molar-refractivity contribution in [1.82, 2.24) is 19.8 Å². The van der Waals surface area contributed by atoms with E-state index in [4.69, 9.17) is 25.8 Å². The van der Waals surface area contributed by atoms with Gasteiger partial charge in [0.1, 0.15) is 6.04 Å². The molecule has 2 heterocycles. The standard InChI is InChI=1S/C25H34N6O5S.C2HF3O2/c26-25(27)31-9-3-4-18(17-31)16-28-23(32)15-22(24(33)30-10-12-36-13-11-30)29-37(34,35)21-8-7-19-5-1-2-6-20(19)14-21;3-2(4,5)1(6)7/h1-2,5-8,14,18,22,29H,3-4,9-13,15-17H2,(H3,26,27)(H,28,32);(H,6,7)/t18?,22-;/m0./s1. The number of aliphatic carboxylic acids is 1. The lowest BCUT2D eigenvalue weighted by molar-refractivity contribution is -0.192. The topological polar surface area (TPSA) is 195 Å². The molecule has 2 amide bonds. The first-order valence-electron chi connectivity index (χ1n) is 13.7. The van der Waals surface area contributed by atoms with E-state index in [2.05, 4.69) is 10.0 Å². The molecule has 0 spiro atoms. The predicted molar refractivity (Wildman–Crippen MR) is 153 cm³/mol. The number of sulfonamides is 1. The van der Waals surface area contributed by atoms with E-state index in [0.717, 1.165) is 23.6 Å². The summed E-state index contributed by atoms with van der Waals surface area (Å²) in [5, 5.41) is 19.3. The van der Waals surface area contributed by atoms with Crippen LogP contribution in [0.3, 0.4) is 0 Å². The van der Waals surface area contributed by atoms with Crippen LogP contribution in [0, 0.1) is 11.3 Å². The number of piperidine rings is 1. The van der Waals surface area contributed by atoms with E-state index in [0.29, 0.717) is 45.9 Å². The number of carboxylic acid groups (broad SMARTS) is 1. The largest absolute Gasteiger partial charge is 0.490 e. The van der Waals surface area contributed by atoms with Crippen LogP contribution in [-0.4, -0.2) is 105 Å². The molecule has 0 aliphatic carbocycles. The number of halogens is 3. The number of nitrogens with one attached hydrogen (secondary N) is 3. The summed E-state index contributed by atoms with van der Waals surface area (Å²) in [4.78, 5) is 38.4. The average molecular weight is 645 g/mol. The van der Waals surface area contributed by atoms with Crippen molar-refractivity contribution in [2.45, 2.75) is 36.4 Å². The molecule has 2 aromatic carbocycles. The van der Waals surface area contributed by atoms with Crippen LogP contribution >= 0.6 is 0 Å². The second kappa shape index (κ2) is 15.2. The summed E-state index contributed by atoms with van der Waals surface area (Å²) in [6, 6.07) is 10.9. The normalized spacial score (nSPS) is 18.1. The number of likely N-dealkylation sites (tertiary alicyclic amines) is 1. The van der Waals surface area contributed by atoms with Crippen molar-refractivity contribution < 1.29 is 45.8 Å². The van der Waals surface area contributed by atoms with Gasteiger partial charge in [-0.3, -0.25) is 15.0 Å². The molecular weight excluding hydrogens is 609 g/mol. The van der Waals surface area contributed by atoms with Crippen LogP contribution in [-0.2, 0) is 29.1 Å². The van der Waals surface area contributed by atoms with Crippen molar-refractivity contribution in [3.63, 3.8) is 0 Å². The maximum absolute atomic E-state index is 13.3. The quantitative estimate of drug-likeness (QED) is 0.207. The fourth-order valence-electron chi connectivity index (χ4n) is 4.74. The van der Waals surface area contributed by atoms with Gasteiger partial charge in [-0.05, 0) is 41.7 Å². The highest BCUT2D eigenvalue weighted by Crippen LogP contribution is 2.20. The Morgan fingerprint density at radius 3 is 2.32 bits per heavy atom. The molecule has 6 N–H and O–H groups in total. The van der Waals surface area contributed by atoms with Crippen LogP contribution in [0.1, 0.15) is 19.3 Å². The number of fused-ring (bicyclic) bond motifs is 1. The van der Waals surface area contributed by atoms with Crippen LogP contribution in [0.2, 0.25) is 0 Å². The molecule has 44 heavy (non-hydrogen) atoms. The number of benzene rings is 2. The Labute approximate surface area is 252 Å². The number of guanidine groups is 1. The van der Waals surface area contributed by atoms with Gasteiger partial charge in [-0.1, -0.05) is 30.3 Å². The minimum Gasteiger partial charge on any atom is -0.475 e. The van der Waals surface area contributed by atoms with E-state index in [-0.39, 0.29) is 23.2 Å². The maximum atomic E-state index is 13.3. The highest BCUT2D eigenvalue weighted by molar-refractivity contribution is 7.89. The smallest absolute Gasteiger partial charge is 0.475 e. The van der Waals surface area contributed by atoms with Gasteiger partial charge in [-0.15, -0.1) is 0 Å². The predicted octanol–water partition coefficient (Wildman–Crippen LogP) is 1.09. The van der Waals surface area contributed by atoms with E-state index in [9.17, 15) is 31.2 Å². The molecular formula is C27H35F3N6O7S. The van der Waals surface area contributed by atoms with Gasteiger partial charge in [-0.2, -0.15) is 17.9 Å². The molecule has 2 aliphatic rings. The first-order valence-corrected chi connectivity index (χ1v) is 15.2. The Morgan fingerprint density at radius 2 is 1.70 bits per heavy atom. The third kappa shape index (κ3) is 10.1. The van der Waals surface area contributed by atoms with Crippen LogP contribution in [0.4, 0.5) is 13.2 Å². The molecule has 0 aromatic heterocycles. The van der Waals surface area contributed by atoms with E-state index in [1.54, 1.807) is 17.0 Å². The molecule has 2 fully saturated rings. The molecule has 2 aliphatic heterocycles. The Bertz CT molecular complexity index is 1450. The Hall–Kier alpha value is -3.96. The lowest BCUT2D eigenvalue weighted by Gasteiger charge is -2.33. The second-order valence-electron chi connectivity index (χ2n) is 10.3. The Kier molecular flexibility index (Phi) is 11.9. The van der Waals surface area contributed by atoms with Gasteiger partial charge in [0.15, 0.2) is 5.96 Å². The number of carbonyl (C=O) groups excluding carboxylic acids is 2. The number of carbonyl (C=O) groups is 3. The van der Waals surface area contributed by atoms with Crippen LogP contribution in [0.5, 0.6) is 0 Å². The lowest BCUT2D eigenvalue weighted by atomic mass is 9.98. The van der Waals surface area contributed by atoms with Gasteiger partial charge >= 0.3 is 12.1 Å². The molecule has 2 atom stereocenters. The molecule has 0 saturated carbocycles. The van der Waals surface area contributed by atoms with Gasteiger partial charge in [0.2, 0.25) is 21.8 Å². The first-order chi connectivity index (χ1) is 20.7. The molecule has 4 rings (SSSR count). The Morgan fingerprint density at radius 1 is 1.07 bits per heavy atom. The number of nitrogens with two attached hydrogens (primary N) is 1. The van der Waals surface area contributed by atoms with Crippen molar-refractivity contribution in [2.24, 2.45) is 11.7 Å². The summed E-state index contributed by atoms with van der Waals surface area (Å²) >= 11 is 0. The minimum absolute atomic E-state index is 0.00953. The zero-order chi connectivity index (χ0) is 32.5. The number of ether oxygens (including phenoxy) is 1. The van der Waals surface area contributed by atoms with Crippen molar-refractivity contribution in [1.29, 1.82) is 5.41 Å². The van der Waals surface area contributed by atoms with Crippen molar-refractivity contribution in [3.05, 3.63) is 42.5 Å². The summed E-state index contributed by atoms with van der Waals surface area (Å²) in [6.45, 7) is 3.02. The average Bonchev–Trinajstić information content (AvgIpc) is 2.99. The van der Waals surface area contributed by atoms with Crippen LogP contribution in [0.15, 0.2) is 47.4 Å². The molecule has 2 aromatic rings. The highest BCUT2D eigenvalue weighted by atomic mass is 32.2. The van der Waals surface area contributed by atoms with E-state index < -0.39 is 40.0 Å². The fraction of sp³-hybridized carbons (Fsp3) is 0.481. The van der Waals surface area contributed by atoms with Crippen LogP contribution in [0.25, 0.3) is 10.8 Å². The number of rotatable bonds is 8. The third-order valence-electron chi connectivity index (χ3n) is 7.03. The van der Waals surface area contributed by atoms with Gasteiger partial charge < -0.3 is 30.7 Å². The maximum Gasteiger partial charge on any atom is 0.490 e. The van der Waals surface area contributed by atoms with Gasteiger partial charge in [-0.25, -0.2) is 13.2 Å². The monoisotopic (exact) mass is 644 g/mol. The summed E-state index contributed by atoms with van der Waals surface area (Å²) in [5.41, 5.74) is 5.60. The van der Waals surface area contributed by atoms with Gasteiger partial charge in [0.05, 0.1) is 24.5 Å². The summed E-state index contributed by atoms with van der Waals surface area (Å²) < 4.78 is 66.1. The molecule has 13 nitrogen and oxygen atoms in total. The van der Waals surface area contributed by atoms with Gasteiger partial charge in [0.25, 0.3) is 0 Å². The number of alkyl halides is 3. The molecule has 1 unspecified atom stereocenters. The third-order valence-corrected chi connectivity index (χ3v) is 8.50. The Balaban J connectivity index is 0.000000676. The van der Waals surface area contributed by atoms with Crippen molar-refractivity contribution >= 4 is 44.5 Å². The van der Waals surface area contributed by atoms with Crippen LogP contribution < -0.4 is 15.8 Å². The minimum atomic E-state index is -5.08. The van der Waals surface area contributed by atoms with E-state index in [1.165, 1.54) is 11.0 Å². The first kappa shape index (κ1) is 34.5. The molecule has 242 valence electrons. The van der Waals surface area contributed by atoms with Crippen molar-refractivity contribution in [2.75, 3.05) is 45.9 Å². The van der Waals surface area contributed by atoms with Crippen molar-refractivity contribution in [3.8, 4) is 0 Å². The fourth-order valence-corrected chi connectivity index (χ4v) is 5.96. The molecule has 2 saturated heterocycles. The summed E-state index contributed by atoms with van der Waals surface area (Å²) in [5.74, 6) is -3.51. The SMILES string of the molecule is N=C(N)N1CCCC(CNC(=O)C[C@H](NS(=O)(=O)c2ccc3ccccc3c2)C(=O)N2CCOCC2)C1.O=C(O)C(F)(F)F. The summed E-state index contributed by atoms with van der Waals surface area (Å²) in [6.07, 6.45) is -3.66. The number of nitrogens with zero attached hydrogens (tertiary/aromatic N) is 2. The zero-order valence-corrected chi connectivity index (χ0v) is 24.5. The molecule has 17 heteroatoms. The molecule has 0 radical (unpaired) electrons. The number of hydrogen-bond acceptors (Lipinski definition) is 7. The number of morpholine rings is 1. The molecule has 0 bridgehead atoms. The van der Waals surface area contributed by atoms with E-state index >= 15 is 0 Å².